The third-order valence-electron chi connectivity index (χ3n) is 5.28. The Balaban J connectivity index is 1.63. The maximum Gasteiger partial charge on any atom is 0.411 e. The molecular formula is C22H24N2O4. The standard InChI is InChI=1S/C22H24N2O4/c1-2-9-18-19(20(25)23-21(28-18)16-12-7-4-8-13-16)24-17(14-27-22(24)26)15-10-5-3-6-11-15/h3-8,10-13,17-19,21H,2,9,14H2,1H3,(H,23,25)/t17-,18-,19-,21+/m1/s1. The summed E-state index contributed by atoms with van der Waals surface area (Å²) < 4.78 is 11.6. The van der Waals surface area contributed by atoms with Gasteiger partial charge in [0.25, 0.3) is 0 Å². The number of ether oxygens (including phenoxy) is 2. The number of nitrogens with zero attached hydrogens (tertiary/aromatic N) is 1. The fourth-order valence-corrected chi connectivity index (χ4v) is 3.94. The summed E-state index contributed by atoms with van der Waals surface area (Å²) in [6.07, 6.45) is 0.120. The van der Waals surface area contributed by atoms with E-state index < -0.39 is 24.5 Å². The molecule has 2 fully saturated rings. The minimum absolute atomic E-state index is 0.210. The first-order valence-electron chi connectivity index (χ1n) is 9.70. The topological polar surface area (TPSA) is 67.9 Å². The summed E-state index contributed by atoms with van der Waals surface area (Å²) in [4.78, 5) is 27.3. The molecule has 2 aromatic rings. The van der Waals surface area contributed by atoms with Crippen LogP contribution in [0.5, 0.6) is 0 Å². The van der Waals surface area contributed by atoms with E-state index >= 15 is 0 Å². The summed E-state index contributed by atoms with van der Waals surface area (Å²) in [5, 5.41) is 2.93. The molecule has 0 unspecified atom stereocenters. The Labute approximate surface area is 164 Å². The van der Waals surface area contributed by atoms with Gasteiger partial charge in [-0.1, -0.05) is 74.0 Å². The van der Waals surface area contributed by atoms with Crippen molar-refractivity contribution in [2.75, 3.05) is 6.61 Å². The Kier molecular flexibility index (Phi) is 5.30. The molecule has 2 saturated heterocycles. The molecule has 6 nitrogen and oxygen atoms in total. The Morgan fingerprint density at radius 1 is 1.00 bits per heavy atom. The van der Waals surface area contributed by atoms with E-state index in [0.29, 0.717) is 6.42 Å². The maximum absolute atomic E-state index is 13.1. The van der Waals surface area contributed by atoms with E-state index in [1.807, 2.05) is 67.6 Å². The van der Waals surface area contributed by atoms with E-state index in [2.05, 4.69) is 5.32 Å². The molecule has 1 N–H and O–H groups in total. The van der Waals surface area contributed by atoms with Crippen molar-refractivity contribution in [3.8, 4) is 0 Å². The predicted octanol–water partition coefficient (Wildman–Crippen LogP) is 3.56. The summed E-state index contributed by atoms with van der Waals surface area (Å²) >= 11 is 0. The molecule has 2 aliphatic rings. The molecule has 4 rings (SSSR count). The molecule has 0 aromatic heterocycles. The quantitative estimate of drug-likeness (QED) is 0.861. The van der Waals surface area contributed by atoms with Gasteiger partial charge < -0.3 is 14.8 Å². The van der Waals surface area contributed by atoms with Gasteiger partial charge in [0.1, 0.15) is 12.6 Å². The van der Waals surface area contributed by atoms with Crippen LogP contribution in [-0.4, -0.2) is 35.7 Å². The Hall–Kier alpha value is -2.86. The molecule has 146 valence electrons. The van der Waals surface area contributed by atoms with Gasteiger partial charge in [0.15, 0.2) is 6.23 Å². The molecule has 6 heteroatoms. The van der Waals surface area contributed by atoms with Gasteiger partial charge >= 0.3 is 6.09 Å². The van der Waals surface area contributed by atoms with E-state index in [9.17, 15) is 9.59 Å². The predicted molar refractivity (Wildman–Crippen MR) is 103 cm³/mol. The fraction of sp³-hybridized carbons (Fsp3) is 0.364. The number of carbonyl (C=O) groups is 2. The minimum atomic E-state index is -0.722. The van der Waals surface area contributed by atoms with Crippen LogP contribution in [0.1, 0.15) is 43.2 Å². The molecule has 0 spiro atoms. The van der Waals surface area contributed by atoms with Crippen LogP contribution in [0.15, 0.2) is 60.7 Å². The monoisotopic (exact) mass is 380 g/mol. The lowest BCUT2D eigenvalue weighted by atomic mass is 9.97. The molecule has 2 heterocycles. The van der Waals surface area contributed by atoms with Crippen LogP contribution in [0.25, 0.3) is 0 Å². The fourth-order valence-electron chi connectivity index (χ4n) is 3.94. The van der Waals surface area contributed by atoms with Crippen LogP contribution < -0.4 is 5.32 Å². The highest BCUT2D eigenvalue weighted by atomic mass is 16.6. The van der Waals surface area contributed by atoms with Gasteiger partial charge in [0.05, 0.1) is 12.1 Å². The SMILES string of the molecule is CCC[C@H]1O[C@@H](c2ccccc2)NC(=O)[C@@H]1N1C(=O)OC[C@@H]1c1ccccc1. The van der Waals surface area contributed by atoms with Gasteiger partial charge in [-0.3, -0.25) is 9.69 Å². The van der Waals surface area contributed by atoms with Crippen LogP contribution >= 0.6 is 0 Å². The second-order valence-corrected chi connectivity index (χ2v) is 7.12. The summed E-state index contributed by atoms with van der Waals surface area (Å²) in [7, 11) is 0. The lowest BCUT2D eigenvalue weighted by Crippen LogP contribution is -2.60. The highest BCUT2D eigenvalue weighted by Crippen LogP contribution is 2.35. The summed E-state index contributed by atoms with van der Waals surface area (Å²) in [6.45, 7) is 2.27. The third-order valence-corrected chi connectivity index (χ3v) is 5.28. The van der Waals surface area contributed by atoms with Crippen LogP contribution in [-0.2, 0) is 14.3 Å². The molecule has 0 bridgehead atoms. The zero-order valence-corrected chi connectivity index (χ0v) is 15.8. The average Bonchev–Trinajstić information content (AvgIpc) is 3.10. The van der Waals surface area contributed by atoms with Crippen molar-refractivity contribution >= 4 is 12.0 Å². The van der Waals surface area contributed by atoms with Gasteiger partial charge in [0, 0.05) is 5.56 Å². The number of amides is 2. The van der Waals surface area contributed by atoms with Crippen molar-refractivity contribution in [2.24, 2.45) is 0 Å². The summed E-state index contributed by atoms with van der Waals surface area (Å²) in [5.74, 6) is -0.210. The van der Waals surface area contributed by atoms with Crippen molar-refractivity contribution in [2.45, 2.75) is 44.2 Å². The van der Waals surface area contributed by atoms with E-state index in [1.54, 1.807) is 4.90 Å². The maximum atomic E-state index is 13.1. The Morgan fingerprint density at radius 3 is 2.29 bits per heavy atom. The van der Waals surface area contributed by atoms with Crippen molar-refractivity contribution < 1.29 is 19.1 Å². The lowest BCUT2D eigenvalue weighted by molar-refractivity contribution is -0.157. The summed E-state index contributed by atoms with van der Waals surface area (Å²) in [5.41, 5.74) is 1.83. The highest BCUT2D eigenvalue weighted by molar-refractivity contribution is 5.88. The average molecular weight is 380 g/mol. The van der Waals surface area contributed by atoms with Gasteiger partial charge in [-0.05, 0) is 12.0 Å². The smallest absolute Gasteiger partial charge is 0.411 e. The van der Waals surface area contributed by atoms with Crippen LogP contribution in [0.4, 0.5) is 4.79 Å². The first-order valence-corrected chi connectivity index (χ1v) is 9.70. The van der Waals surface area contributed by atoms with Crippen molar-refractivity contribution in [3.63, 3.8) is 0 Å². The number of cyclic esters (lactones) is 1. The number of hydrogen-bond donors (Lipinski definition) is 1. The Morgan fingerprint density at radius 2 is 1.64 bits per heavy atom. The van der Waals surface area contributed by atoms with E-state index in [4.69, 9.17) is 9.47 Å². The van der Waals surface area contributed by atoms with Crippen LogP contribution in [0.3, 0.4) is 0 Å². The third kappa shape index (κ3) is 3.47. The first kappa shape index (κ1) is 18.5. The molecule has 28 heavy (non-hydrogen) atoms. The second kappa shape index (κ2) is 8.02. The van der Waals surface area contributed by atoms with Gasteiger partial charge in [0.2, 0.25) is 5.91 Å². The molecule has 0 radical (unpaired) electrons. The van der Waals surface area contributed by atoms with Gasteiger partial charge in [-0.25, -0.2) is 4.79 Å². The van der Waals surface area contributed by atoms with Crippen LogP contribution in [0, 0.1) is 0 Å². The van der Waals surface area contributed by atoms with E-state index in [1.165, 1.54) is 0 Å². The number of nitrogens with one attached hydrogen (secondary N) is 1. The molecular weight excluding hydrogens is 356 g/mol. The second-order valence-electron chi connectivity index (χ2n) is 7.12. The zero-order chi connectivity index (χ0) is 19.5. The summed E-state index contributed by atoms with van der Waals surface area (Å²) in [6, 6.07) is 18.2. The Bertz CT molecular complexity index is 827. The molecule has 4 atom stereocenters. The van der Waals surface area contributed by atoms with Crippen LogP contribution in [0.2, 0.25) is 0 Å². The van der Waals surface area contributed by atoms with Gasteiger partial charge in [-0.2, -0.15) is 0 Å². The van der Waals surface area contributed by atoms with Crippen molar-refractivity contribution in [1.29, 1.82) is 0 Å². The normalized spacial score (nSPS) is 27.4. The van der Waals surface area contributed by atoms with Gasteiger partial charge in [-0.15, -0.1) is 0 Å². The largest absolute Gasteiger partial charge is 0.447 e. The number of rotatable bonds is 5. The number of benzene rings is 2. The lowest BCUT2D eigenvalue weighted by Gasteiger charge is -2.41. The minimum Gasteiger partial charge on any atom is -0.447 e. The molecule has 2 aliphatic heterocycles. The number of hydrogen-bond acceptors (Lipinski definition) is 4. The highest BCUT2D eigenvalue weighted by Gasteiger charge is 2.49. The first-order chi connectivity index (χ1) is 13.7. The zero-order valence-electron chi connectivity index (χ0n) is 15.8. The molecule has 2 aromatic carbocycles. The molecule has 2 amide bonds. The van der Waals surface area contributed by atoms with Crippen molar-refractivity contribution in [1.82, 2.24) is 10.2 Å². The van der Waals surface area contributed by atoms with E-state index in [-0.39, 0.29) is 18.6 Å². The molecule has 0 saturated carbocycles. The number of carbonyl (C=O) groups excluding carboxylic acids is 2. The van der Waals surface area contributed by atoms with Crippen molar-refractivity contribution in [3.05, 3.63) is 71.8 Å². The van der Waals surface area contributed by atoms with E-state index in [0.717, 1.165) is 17.5 Å². The molecule has 0 aliphatic carbocycles.